The molecule has 120 valence electrons. The molecule has 1 aromatic rings. The van der Waals surface area contributed by atoms with Gasteiger partial charge in [-0.1, -0.05) is 26.7 Å². The van der Waals surface area contributed by atoms with Crippen molar-refractivity contribution in [2.24, 2.45) is 5.92 Å². The molecule has 1 aliphatic rings. The molecule has 2 rings (SSSR count). The average molecular weight is 312 g/mol. The Hall–Kier alpha value is -0.490. The highest BCUT2D eigenvalue weighted by Gasteiger charge is 2.23. The van der Waals surface area contributed by atoms with Crippen molar-refractivity contribution in [2.75, 3.05) is 13.2 Å². The van der Waals surface area contributed by atoms with Crippen molar-refractivity contribution in [1.29, 1.82) is 0 Å². The van der Waals surface area contributed by atoms with Crippen LogP contribution in [0, 0.1) is 5.92 Å². The predicted octanol–water partition coefficient (Wildman–Crippen LogP) is 3.14. The third-order valence-corrected chi connectivity index (χ3v) is 5.18. The van der Waals surface area contributed by atoms with E-state index in [1.165, 1.54) is 19.3 Å². The van der Waals surface area contributed by atoms with Crippen molar-refractivity contribution in [1.82, 2.24) is 10.3 Å². The number of aromatic nitrogens is 1. The fourth-order valence-electron chi connectivity index (χ4n) is 2.91. The van der Waals surface area contributed by atoms with Gasteiger partial charge in [0.1, 0.15) is 5.01 Å². The summed E-state index contributed by atoms with van der Waals surface area (Å²) in [4.78, 5) is 4.34. The van der Waals surface area contributed by atoms with Gasteiger partial charge in [0.25, 0.3) is 0 Å². The number of nitrogens with one attached hydrogen (secondary N) is 1. The number of hydrogen-bond donors (Lipinski definition) is 2. The molecule has 0 amide bonds. The highest BCUT2D eigenvalue weighted by molar-refractivity contribution is 7.09. The fraction of sp³-hybridized carbons (Fsp3) is 0.812. The van der Waals surface area contributed by atoms with E-state index >= 15 is 0 Å². The summed E-state index contributed by atoms with van der Waals surface area (Å²) >= 11 is 1.66. The Morgan fingerprint density at radius 1 is 1.48 bits per heavy atom. The summed E-state index contributed by atoms with van der Waals surface area (Å²) < 4.78 is 5.91. The van der Waals surface area contributed by atoms with Gasteiger partial charge in [0.15, 0.2) is 0 Å². The van der Waals surface area contributed by atoms with E-state index in [0.29, 0.717) is 25.2 Å². The maximum Gasteiger partial charge on any atom is 0.109 e. The van der Waals surface area contributed by atoms with Gasteiger partial charge >= 0.3 is 0 Å². The van der Waals surface area contributed by atoms with Crippen LogP contribution < -0.4 is 5.32 Å². The molecule has 0 spiro atoms. The second-order valence-corrected chi connectivity index (χ2v) is 6.95. The minimum Gasteiger partial charge on any atom is -0.389 e. The lowest BCUT2D eigenvalue weighted by molar-refractivity contribution is -0.0456. The minimum absolute atomic E-state index is 0.230. The van der Waals surface area contributed by atoms with Gasteiger partial charge in [0, 0.05) is 18.1 Å². The summed E-state index contributed by atoms with van der Waals surface area (Å²) in [5, 5.41) is 16.6. The van der Waals surface area contributed by atoms with E-state index in [0.717, 1.165) is 17.8 Å². The van der Waals surface area contributed by atoms with E-state index < -0.39 is 6.10 Å². The zero-order chi connectivity index (χ0) is 15.1. The number of thiazole rings is 1. The molecular weight excluding hydrogens is 284 g/mol. The maximum absolute atomic E-state index is 10.1. The molecule has 1 aliphatic carbocycles. The Labute approximate surface area is 131 Å². The van der Waals surface area contributed by atoms with Gasteiger partial charge in [-0.05, 0) is 25.2 Å². The zero-order valence-corrected chi connectivity index (χ0v) is 13.9. The van der Waals surface area contributed by atoms with E-state index in [1.807, 2.05) is 11.6 Å². The molecule has 4 nitrogen and oxygen atoms in total. The number of ether oxygens (including phenoxy) is 1. The smallest absolute Gasteiger partial charge is 0.109 e. The van der Waals surface area contributed by atoms with Gasteiger partial charge in [-0.2, -0.15) is 0 Å². The van der Waals surface area contributed by atoms with Crippen LogP contribution in [-0.4, -0.2) is 35.5 Å². The van der Waals surface area contributed by atoms with Crippen molar-refractivity contribution < 1.29 is 9.84 Å². The van der Waals surface area contributed by atoms with Crippen LogP contribution in [0.4, 0.5) is 0 Å². The summed E-state index contributed by atoms with van der Waals surface area (Å²) in [6, 6.07) is 0.230. The molecular formula is C16H28N2O2S. The summed E-state index contributed by atoms with van der Waals surface area (Å²) in [6.07, 6.45) is 7.64. The van der Waals surface area contributed by atoms with E-state index in [9.17, 15) is 5.11 Å². The lowest BCUT2D eigenvalue weighted by Gasteiger charge is -2.29. The summed E-state index contributed by atoms with van der Waals surface area (Å²) in [5.41, 5.74) is 0. The number of rotatable bonds is 8. The third-order valence-electron chi connectivity index (χ3n) is 4.29. The summed E-state index contributed by atoms with van der Waals surface area (Å²) in [5.74, 6) is 0.623. The van der Waals surface area contributed by atoms with Gasteiger partial charge in [-0.15, -0.1) is 11.3 Å². The van der Waals surface area contributed by atoms with E-state index in [4.69, 9.17) is 4.74 Å². The van der Waals surface area contributed by atoms with E-state index in [-0.39, 0.29) is 6.04 Å². The van der Waals surface area contributed by atoms with Crippen LogP contribution in [-0.2, 0) is 4.74 Å². The first-order valence-electron chi connectivity index (χ1n) is 8.13. The van der Waals surface area contributed by atoms with Crippen LogP contribution in [0.3, 0.4) is 0 Å². The summed E-state index contributed by atoms with van der Waals surface area (Å²) in [6.45, 7) is 5.37. The van der Waals surface area contributed by atoms with Gasteiger partial charge in [-0.3, -0.25) is 0 Å². The molecule has 4 unspecified atom stereocenters. The van der Waals surface area contributed by atoms with Crippen molar-refractivity contribution in [3.8, 4) is 0 Å². The molecule has 21 heavy (non-hydrogen) atoms. The van der Waals surface area contributed by atoms with Crippen molar-refractivity contribution in [3.63, 3.8) is 0 Å². The largest absolute Gasteiger partial charge is 0.389 e. The maximum atomic E-state index is 10.1. The molecule has 1 fully saturated rings. The number of aliphatic hydroxyl groups is 1. The Bertz CT molecular complexity index is 386. The van der Waals surface area contributed by atoms with Crippen LogP contribution in [0.2, 0.25) is 0 Å². The normalized spacial score (nSPS) is 25.7. The first-order valence-corrected chi connectivity index (χ1v) is 9.01. The highest BCUT2D eigenvalue weighted by Crippen LogP contribution is 2.26. The van der Waals surface area contributed by atoms with Gasteiger partial charge in [-0.25, -0.2) is 4.98 Å². The van der Waals surface area contributed by atoms with Crippen molar-refractivity contribution in [3.05, 3.63) is 16.6 Å². The molecule has 0 aliphatic heterocycles. The average Bonchev–Trinajstić information content (AvgIpc) is 3.01. The van der Waals surface area contributed by atoms with Gasteiger partial charge in [0.05, 0.1) is 24.9 Å². The second kappa shape index (κ2) is 8.83. The fourth-order valence-corrected chi connectivity index (χ4v) is 3.71. The third kappa shape index (κ3) is 5.33. The lowest BCUT2D eigenvalue weighted by atomic mass is 9.88. The van der Waals surface area contributed by atoms with Gasteiger partial charge in [0.2, 0.25) is 0 Å². The van der Waals surface area contributed by atoms with Crippen LogP contribution >= 0.6 is 11.3 Å². The molecule has 1 saturated carbocycles. The monoisotopic (exact) mass is 312 g/mol. The molecule has 5 heteroatoms. The predicted molar refractivity (Wildman–Crippen MR) is 86.5 cm³/mol. The number of aliphatic hydroxyl groups excluding tert-OH is 1. The highest BCUT2D eigenvalue weighted by atomic mass is 32.1. The quantitative estimate of drug-likeness (QED) is 0.774. The van der Waals surface area contributed by atoms with Crippen LogP contribution in [0.25, 0.3) is 0 Å². The minimum atomic E-state index is -0.451. The SMILES string of the molecule is CCC(NCC(O)COC1CCCCC1C)c1nccs1. The summed E-state index contributed by atoms with van der Waals surface area (Å²) in [7, 11) is 0. The van der Waals surface area contributed by atoms with Crippen LogP contribution in [0.15, 0.2) is 11.6 Å². The molecule has 0 bridgehead atoms. The van der Waals surface area contributed by atoms with Gasteiger partial charge < -0.3 is 15.2 Å². The first kappa shape index (κ1) is 16.9. The zero-order valence-electron chi connectivity index (χ0n) is 13.1. The number of nitrogens with zero attached hydrogens (tertiary/aromatic N) is 1. The standard InChI is InChI=1S/C16H28N2O2S/c1-3-14(16-17-8-9-21-16)18-10-13(19)11-20-15-7-5-4-6-12(15)2/h8-9,12-15,18-19H,3-7,10-11H2,1-2H3. The molecule has 0 saturated heterocycles. The topological polar surface area (TPSA) is 54.4 Å². The Kier molecular flexibility index (Phi) is 7.10. The molecule has 0 radical (unpaired) electrons. The molecule has 1 heterocycles. The van der Waals surface area contributed by atoms with E-state index in [1.54, 1.807) is 11.3 Å². The molecule has 2 N–H and O–H groups in total. The van der Waals surface area contributed by atoms with Crippen molar-refractivity contribution in [2.45, 2.75) is 64.2 Å². The second-order valence-electron chi connectivity index (χ2n) is 6.03. The number of hydrogen-bond acceptors (Lipinski definition) is 5. The lowest BCUT2D eigenvalue weighted by Crippen LogP contribution is -2.35. The Morgan fingerprint density at radius 3 is 2.95 bits per heavy atom. The Balaban J connectivity index is 1.68. The molecule has 1 aromatic heterocycles. The van der Waals surface area contributed by atoms with Crippen LogP contribution in [0.5, 0.6) is 0 Å². The first-order chi connectivity index (χ1) is 10.2. The van der Waals surface area contributed by atoms with Crippen molar-refractivity contribution >= 4 is 11.3 Å². The van der Waals surface area contributed by atoms with E-state index in [2.05, 4.69) is 24.1 Å². The van der Waals surface area contributed by atoms with Crippen LogP contribution in [0.1, 0.15) is 57.0 Å². The molecule has 4 atom stereocenters. The Morgan fingerprint density at radius 2 is 2.29 bits per heavy atom. The molecule has 0 aromatic carbocycles.